The second kappa shape index (κ2) is 9.57. The maximum Gasteiger partial charge on any atom is 0.257 e. The number of ether oxygens (including phenoxy) is 1. The van der Waals surface area contributed by atoms with Crippen LogP contribution in [0.4, 0.5) is 4.39 Å². The lowest BCUT2D eigenvalue weighted by Gasteiger charge is -2.08. The smallest absolute Gasteiger partial charge is 0.257 e. The summed E-state index contributed by atoms with van der Waals surface area (Å²) in [4.78, 5) is 22.7. The van der Waals surface area contributed by atoms with Crippen LogP contribution in [0.25, 0.3) is 0 Å². The number of ketones is 1. The Kier molecular flexibility index (Phi) is 7.14. The molecule has 1 amide bonds. The molecule has 0 saturated heterocycles. The zero-order valence-electron chi connectivity index (χ0n) is 14.3. The lowest BCUT2D eigenvalue weighted by Crippen LogP contribution is -2.30. The number of halogens is 1. The minimum Gasteiger partial charge on any atom is -0.484 e. The zero-order valence-corrected chi connectivity index (χ0v) is 14.3. The van der Waals surface area contributed by atoms with Crippen molar-refractivity contribution < 1.29 is 18.7 Å². The second-order valence-corrected chi connectivity index (χ2v) is 5.86. The van der Waals surface area contributed by atoms with Gasteiger partial charge in [0.05, 0.1) is 0 Å². The van der Waals surface area contributed by atoms with E-state index in [1.165, 1.54) is 12.1 Å². The third-order valence-electron chi connectivity index (χ3n) is 3.71. The lowest BCUT2D eigenvalue weighted by molar-refractivity contribution is -0.123. The molecule has 2 aromatic rings. The standard InChI is InChI=1S/C20H22FNO3/c1-15(23)2-3-16-6-10-19(11-7-16)25-14-20(24)22-13-12-17-4-8-18(21)9-5-17/h4-11H,2-3,12-14H2,1H3,(H,22,24). The van der Waals surface area contributed by atoms with E-state index in [0.29, 0.717) is 31.6 Å². The third-order valence-corrected chi connectivity index (χ3v) is 3.71. The fourth-order valence-electron chi connectivity index (χ4n) is 2.27. The van der Waals surface area contributed by atoms with Gasteiger partial charge in [-0.15, -0.1) is 0 Å². The molecule has 0 aliphatic heterocycles. The van der Waals surface area contributed by atoms with Gasteiger partial charge in [-0.2, -0.15) is 0 Å². The number of rotatable bonds is 9. The molecule has 1 N–H and O–H groups in total. The molecule has 2 aromatic carbocycles. The van der Waals surface area contributed by atoms with Crippen LogP contribution in [-0.2, 0) is 22.4 Å². The van der Waals surface area contributed by atoms with Gasteiger partial charge < -0.3 is 14.8 Å². The summed E-state index contributed by atoms with van der Waals surface area (Å²) in [6.45, 7) is 1.99. The molecule has 25 heavy (non-hydrogen) atoms. The summed E-state index contributed by atoms with van der Waals surface area (Å²) < 4.78 is 18.2. The first-order valence-corrected chi connectivity index (χ1v) is 8.25. The summed E-state index contributed by atoms with van der Waals surface area (Å²) in [5, 5.41) is 2.76. The van der Waals surface area contributed by atoms with Crippen molar-refractivity contribution in [3.8, 4) is 5.75 Å². The van der Waals surface area contributed by atoms with Crippen molar-refractivity contribution in [1.82, 2.24) is 5.32 Å². The fourth-order valence-corrected chi connectivity index (χ4v) is 2.27. The average molecular weight is 343 g/mol. The summed E-state index contributed by atoms with van der Waals surface area (Å²) in [5.74, 6) is 0.300. The summed E-state index contributed by atoms with van der Waals surface area (Å²) in [7, 11) is 0. The van der Waals surface area contributed by atoms with E-state index in [0.717, 1.165) is 11.1 Å². The van der Waals surface area contributed by atoms with Crippen LogP contribution < -0.4 is 10.1 Å². The number of hydrogen-bond donors (Lipinski definition) is 1. The van der Waals surface area contributed by atoms with Gasteiger partial charge in [-0.1, -0.05) is 24.3 Å². The van der Waals surface area contributed by atoms with Crippen LogP contribution in [0.2, 0.25) is 0 Å². The number of carbonyl (C=O) groups excluding carboxylic acids is 2. The topological polar surface area (TPSA) is 55.4 Å². The van der Waals surface area contributed by atoms with Crippen molar-refractivity contribution in [2.45, 2.75) is 26.2 Å². The second-order valence-electron chi connectivity index (χ2n) is 5.86. The quantitative estimate of drug-likeness (QED) is 0.761. The van der Waals surface area contributed by atoms with Crippen LogP contribution in [0.5, 0.6) is 5.75 Å². The molecular formula is C20H22FNO3. The molecule has 0 spiro atoms. The van der Waals surface area contributed by atoms with E-state index in [1.54, 1.807) is 31.2 Å². The summed E-state index contributed by atoms with van der Waals surface area (Å²) in [5.41, 5.74) is 2.02. The van der Waals surface area contributed by atoms with Crippen molar-refractivity contribution in [1.29, 1.82) is 0 Å². The van der Waals surface area contributed by atoms with E-state index in [4.69, 9.17) is 4.74 Å². The molecule has 5 heteroatoms. The lowest BCUT2D eigenvalue weighted by atomic mass is 10.1. The van der Waals surface area contributed by atoms with Crippen molar-refractivity contribution in [2.24, 2.45) is 0 Å². The highest BCUT2D eigenvalue weighted by Crippen LogP contribution is 2.13. The van der Waals surface area contributed by atoms with Gasteiger partial charge in [-0.25, -0.2) is 4.39 Å². The van der Waals surface area contributed by atoms with Gasteiger partial charge in [0.1, 0.15) is 17.3 Å². The number of nitrogens with one attached hydrogen (secondary N) is 1. The van der Waals surface area contributed by atoms with Crippen molar-refractivity contribution in [3.63, 3.8) is 0 Å². The largest absolute Gasteiger partial charge is 0.484 e. The highest BCUT2D eigenvalue weighted by Gasteiger charge is 2.03. The normalized spacial score (nSPS) is 10.3. The Morgan fingerprint density at radius 1 is 0.960 bits per heavy atom. The molecule has 132 valence electrons. The number of amides is 1. The monoisotopic (exact) mass is 343 g/mol. The highest BCUT2D eigenvalue weighted by molar-refractivity contribution is 5.77. The van der Waals surface area contributed by atoms with Crippen LogP contribution in [-0.4, -0.2) is 24.8 Å². The molecule has 0 radical (unpaired) electrons. The number of hydrogen-bond acceptors (Lipinski definition) is 3. The fraction of sp³-hybridized carbons (Fsp3) is 0.300. The number of aryl methyl sites for hydroxylation is 1. The Morgan fingerprint density at radius 2 is 1.56 bits per heavy atom. The molecule has 0 atom stereocenters. The van der Waals surface area contributed by atoms with Gasteiger partial charge in [-0.05, 0) is 55.2 Å². The molecule has 0 heterocycles. The van der Waals surface area contributed by atoms with Gasteiger partial charge in [-0.3, -0.25) is 4.79 Å². The van der Waals surface area contributed by atoms with Crippen molar-refractivity contribution in [3.05, 3.63) is 65.5 Å². The van der Waals surface area contributed by atoms with Gasteiger partial charge in [0.25, 0.3) is 5.91 Å². The van der Waals surface area contributed by atoms with E-state index in [1.807, 2.05) is 12.1 Å². The Labute approximate surface area is 147 Å². The van der Waals surface area contributed by atoms with Crippen molar-refractivity contribution in [2.75, 3.05) is 13.2 Å². The molecule has 0 aliphatic rings. The van der Waals surface area contributed by atoms with Crippen LogP contribution in [0.3, 0.4) is 0 Å². The first-order chi connectivity index (χ1) is 12.0. The minimum atomic E-state index is -0.270. The highest BCUT2D eigenvalue weighted by atomic mass is 19.1. The van der Waals surface area contributed by atoms with E-state index in [9.17, 15) is 14.0 Å². The Hall–Kier alpha value is -2.69. The summed E-state index contributed by atoms with van der Waals surface area (Å²) >= 11 is 0. The Balaban J connectivity index is 1.67. The predicted octanol–water partition coefficient (Wildman–Crippen LogP) is 3.09. The molecule has 0 bridgehead atoms. The SMILES string of the molecule is CC(=O)CCc1ccc(OCC(=O)NCCc2ccc(F)cc2)cc1. The van der Waals surface area contributed by atoms with Gasteiger partial charge >= 0.3 is 0 Å². The molecular weight excluding hydrogens is 321 g/mol. The van der Waals surface area contributed by atoms with E-state index >= 15 is 0 Å². The molecule has 0 saturated carbocycles. The van der Waals surface area contributed by atoms with Gasteiger partial charge in [0, 0.05) is 13.0 Å². The number of benzene rings is 2. The molecule has 0 aliphatic carbocycles. The van der Waals surface area contributed by atoms with Crippen LogP contribution in [0.15, 0.2) is 48.5 Å². The van der Waals surface area contributed by atoms with Crippen LogP contribution in [0, 0.1) is 5.82 Å². The predicted molar refractivity (Wildman–Crippen MR) is 94.1 cm³/mol. The van der Waals surface area contributed by atoms with Crippen LogP contribution >= 0.6 is 0 Å². The molecule has 4 nitrogen and oxygen atoms in total. The Morgan fingerprint density at radius 3 is 2.20 bits per heavy atom. The Bertz CT molecular complexity index is 696. The maximum absolute atomic E-state index is 12.8. The van der Waals surface area contributed by atoms with Crippen molar-refractivity contribution >= 4 is 11.7 Å². The molecule has 0 aromatic heterocycles. The third kappa shape index (κ3) is 7.16. The van der Waals surface area contributed by atoms with Gasteiger partial charge in [0.15, 0.2) is 6.61 Å². The molecule has 0 fully saturated rings. The number of carbonyl (C=O) groups is 2. The average Bonchev–Trinajstić information content (AvgIpc) is 2.61. The van der Waals surface area contributed by atoms with Gasteiger partial charge in [0.2, 0.25) is 0 Å². The molecule has 2 rings (SSSR count). The molecule has 0 unspecified atom stereocenters. The maximum atomic E-state index is 12.8. The van der Waals surface area contributed by atoms with E-state index in [-0.39, 0.29) is 24.1 Å². The first-order valence-electron chi connectivity index (χ1n) is 8.25. The number of Topliss-reactive ketones (excluding diaryl/α,β-unsaturated/α-hetero) is 1. The van der Waals surface area contributed by atoms with Crippen LogP contribution in [0.1, 0.15) is 24.5 Å². The summed E-state index contributed by atoms with van der Waals surface area (Å²) in [6.07, 6.45) is 1.87. The first kappa shape index (κ1) is 18.6. The van der Waals surface area contributed by atoms with E-state index < -0.39 is 0 Å². The summed E-state index contributed by atoms with van der Waals surface area (Å²) in [6, 6.07) is 13.6. The minimum absolute atomic E-state index is 0.0593. The zero-order chi connectivity index (χ0) is 18.1. The van der Waals surface area contributed by atoms with E-state index in [2.05, 4.69) is 5.32 Å².